The van der Waals surface area contributed by atoms with Crippen molar-refractivity contribution >= 4 is 0 Å². The summed E-state index contributed by atoms with van der Waals surface area (Å²) in [6.07, 6.45) is 13.5. The third kappa shape index (κ3) is 1.89. The Labute approximate surface area is 81.5 Å². The molecule has 0 spiro atoms. The number of terminal acetylenes is 1. The molecule has 0 aromatic rings. The summed E-state index contributed by atoms with van der Waals surface area (Å²) < 4.78 is 0. The van der Waals surface area contributed by atoms with Gasteiger partial charge in [-0.25, -0.2) is 0 Å². The SMILES string of the molecule is C#CCCN1CC[C@H]2CCCC[C@H]21. The van der Waals surface area contributed by atoms with E-state index in [0.717, 1.165) is 24.9 Å². The molecule has 1 nitrogen and oxygen atoms in total. The minimum Gasteiger partial charge on any atom is -0.299 e. The molecule has 13 heavy (non-hydrogen) atoms. The molecule has 2 rings (SSSR count). The maximum absolute atomic E-state index is 5.30. The molecule has 0 bridgehead atoms. The molecule has 0 amide bonds. The Hall–Kier alpha value is -0.480. The number of nitrogens with zero attached hydrogens (tertiary/aromatic N) is 1. The summed E-state index contributed by atoms with van der Waals surface area (Å²) >= 11 is 0. The first-order valence-corrected chi connectivity index (χ1v) is 5.59. The fourth-order valence-corrected chi connectivity index (χ4v) is 2.99. The molecule has 1 heteroatoms. The quantitative estimate of drug-likeness (QED) is 0.585. The van der Waals surface area contributed by atoms with Crippen LogP contribution in [0.5, 0.6) is 0 Å². The average molecular weight is 177 g/mol. The lowest BCUT2D eigenvalue weighted by Gasteiger charge is -2.31. The Kier molecular flexibility index (Phi) is 2.90. The molecule has 0 radical (unpaired) electrons. The lowest BCUT2D eigenvalue weighted by atomic mass is 9.85. The van der Waals surface area contributed by atoms with Crippen molar-refractivity contribution in [1.29, 1.82) is 0 Å². The van der Waals surface area contributed by atoms with Crippen molar-refractivity contribution in [3.05, 3.63) is 0 Å². The minimum atomic E-state index is 0.891. The van der Waals surface area contributed by atoms with Crippen LogP contribution in [0.4, 0.5) is 0 Å². The fraction of sp³-hybridized carbons (Fsp3) is 0.833. The third-order valence-electron chi connectivity index (χ3n) is 3.67. The molecule has 72 valence electrons. The molecule has 1 heterocycles. The molecule has 0 unspecified atom stereocenters. The topological polar surface area (TPSA) is 3.24 Å². The average Bonchev–Trinajstić information content (AvgIpc) is 2.58. The molecule has 2 atom stereocenters. The maximum Gasteiger partial charge on any atom is 0.0214 e. The van der Waals surface area contributed by atoms with Gasteiger partial charge in [-0.3, -0.25) is 4.90 Å². The van der Waals surface area contributed by atoms with Gasteiger partial charge in [-0.05, 0) is 31.7 Å². The van der Waals surface area contributed by atoms with Gasteiger partial charge in [0.1, 0.15) is 0 Å². The molecule has 1 aliphatic carbocycles. The van der Waals surface area contributed by atoms with E-state index >= 15 is 0 Å². The van der Waals surface area contributed by atoms with Gasteiger partial charge in [-0.2, -0.15) is 0 Å². The van der Waals surface area contributed by atoms with Gasteiger partial charge in [0.15, 0.2) is 0 Å². The van der Waals surface area contributed by atoms with Crippen molar-refractivity contribution < 1.29 is 0 Å². The predicted octanol–water partition coefficient (Wildman–Crippen LogP) is 2.27. The summed E-state index contributed by atoms with van der Waals surface area (Å²) in [6.45, 7) is 2.44. The van der Waals surface area contributed by atoms with E-state index in [2.05, 4.69) is 10.8 Å². The first kappa shape index (κ1) is 9.09. The second-order valence-electron chi connectivity index (χ2n) is 4.39. The van der Waals surface area contributed by atoms with Crippen LogP contribution in [0, 0.1) is 18.3 Å². The van der Waals surface area contributed by atoms with Crippen LogP contribution in [0.15, 0.2) is 0 Å². The molecule has 1 aliphatic heterocycles. The molecule has 1 saturated carbocycles. The van der Waals surface area contributed by atoms with Crippen LogP contribution in [0.2, 0.25) is 0 Å². The van der Waals surface area contributed by atoms with E-state index in [-0.39, 0.29) is 0 Å². The fourth-order valence-electron chi connectivity index (χ4n) is 2.99. The number of hydrogen-bond acceptors (Lipinski definition) is 1. The van der Waals surface area contributed by atoms with Crippen molar-refractivity contribution in [2.24, 2.45) is 5.92 Å². The standard InChI is InChI=1S/C12H19N/c1-2-3-9-13-10-8-11-6-4-5-7-12(11)13/h1,11-12H,3-10H2/t11-,12-/m1/s1. The summed E-state index contributed by atoms with van der Waals surface area (Å²) in [6, 6.07) is 0.891. The lowest BCUT2D eigenvalue weighted by molar-refractivity contribution is 0.186. The summed E-state index contributed by atoms with van der Waals surface area (Å²) in [4.78, 5) is 2.63. The van der Waals surface area contributed by atoms with Crippen LogP contribution in [-0.4, -0.2) is 24.0 Å². The third-order valence-corrected chi connectivity index (χ3v) is 3.67. The molecule has 0 N–H and O–H groups in total. The van der Waals surface area contributed by atoms with Crippen molar-refractivity contribution in [1.82, 2.24) is 4.90 Å². The Morgan fingerprint density at radius 1 is 1.23 bits per heavy atom. The highest BCUT2D eigenvalue weighted by atomic mass is 15.2. The van der Waals surface area contributed by atoms with Gasteiger partial charge in [0.25, 0.3) is 0 Å². The van der Waals surface area contributed by atoms with Crippen molar-refractivity contribution in [2.45, 2.75) is 44.6 Å². The van der Waals surface area contributed by atoms with Crippen LogP contribution in [0.25, 0.3) is 0 Å². The zero-order valence-corrected chi connectivity index (χ0v) is 8.34. The van der Waals surface area contributed by atoms with E-state index in [1.54, 1.807) is 0 Å². The molecule has 1 saturated heterocycles. The highest BCUT2D eigenvalue weighted by Crippen LogP contribution is 2.35. The van der Waals surface area contributed by atoms with E-state index in [9.17, 15) is 0 Å². The zero-order valence-electron chi connectivity index (χ0n) is 8.34. The second-order valence-corrected chi connectivity index (χ2v) is 4.39. The Morgan fingerprint density at radius 3 is 2.92 bits per heavy atom. The summed E-state index contributed by atoms with van der Waals surface area (Å²) in [5.74, 6) is 3.75. The molecule has 2 aliphatic rings. The van der Waals surface area contributed by atoms with Gasteiger partial charge in [-0.15, -0.1) is 12.3 Å². The van der Waals surface area contributed by atoms with Gasteiger partial charge in [0.2, 0.25) is 0 Å². The number of hydrogen-bond donors (Lipinski definition) is 0. The summed E-state index contributed by atoms with van der Waals surface area (Å²) in [5.41, 5.74) is 0. The Bertz CT molecular complexity index is 204. The van der Waals surface area contributed by atoms with Crippen molar-refractivity contribution in [3.63, 3.8) is 0 Å². The van der Waals surface area contributed by atoms with Crippen LogP contribution in [0.1, 0.15) is 38.5 Å². The number of likely N-dealkylation sites (tertiary alicyclic amines) is 1. The molecule has 0 aromatic heterocycles. The summed E-state index contributed by atoms with van der Waals surface area (Å²) in [5, 5.41) is 0. The molecule has 2 fully saturated rings. The van der Waals surface area contributed by atoms with Crippen LogP contribution < -0.4 is 0 Å². The highest BCUT2D eigenvalue weighted by Gasteiger charge is 2.34. The molecular weight excluding hydrogens is 158 g/mol. The Balaban J connectivity index is 1.88. The number of fused-ring (bicyclic) bond motifs is 1. The maximum atomic E-state index is 5.30. The van der Waals surface area contributed by atoms with E-state index in [1.165, 1.54) is 38.6 Å². The van der Waals surface area contributed by atoms with Gasteiger partial charge >= 0.3 is 0 Å². The van der Waals surface area contributed by atoms with Crippen molar-refractivity contribution in [2.75, 3.05) is 13.1 Å². The van der Waals surface area contributed by atoms with E-state index in [1.807, 2.05) is 0 Å². The Morgan fingerprint density at radius 2 is 2.08 bits per heavy atom. The van der Waals surface area contributed by atoms with E-state index in [4.69, 9.17) is 6.42 Å². The first-order chi connectivity index (χ1) is 6.42. The molecular formula is C12H19N. The predicted molar refractivity (Wildman–Crippen MR) is 55.4 cm³/mol. The lowest BCUT2D eigenvalue weighted by Crippen LogP contribution is -2.35. The van der Waals surface area contributed by atoms with Crippen LogP contribution >= 0.6 is 0 Å². The smallest absolute Gasteiger partial charge is 0.0214 e. The van der Waals surface area contributed by atoms with Gasteiger partial charge < -0.3 is 0 Å². The normalized spacial score (nSPS) is 34.1. The van der Waals surface area contributed by atoms with Gasteiger partial charge in [0.05, 0.1) is 0 Å². The number of rotatable bonds is 2. The molecule has 0 aromatic carbocycles. The van der Waals surface area contributed by atoms with E-state index < -0.39 is 0 Å². The largest absolute Gasteiger partial charge is 0.299 e. The van der Waals surface area contributed by atoms with Crippen LogP contribution in [0.3, 0.4) is 0 Å². The van der Waals surface area contributed by atoms with E-state index in [0.29, 0.717) is 0 Å². The van der Waals surface area contributed by atoms with Gasteiger partial charge in [0, 0.05) is 19.0 Å². The van der Waals surface area contributed by atoms with Crippen molar-refractivity contribution in [3.8, 4) is 12.3 Å². The first-order valence-electron chi connectivity index (χ1n) is 5.59. The highest BCUT2D eigenvalue weighted by molar-refractivity contribution is 4.92. The van der Waals surface area contributed by atoms with Gasteiger partial charge in [-0.1, -0.05) is 12.8 Å². The summed E-state index contributed by atoms with van der Waals surface area (Å²) in [7, 11) is 0. The minimum absolute atomic E-state index is 0.891. The van der Waals surface area contributed by atoms with Crippen LogP contribution in [-0.2, 0) is 0 Å². The second kappa shape index (κ2) is 4.15. The monoisotopic (exact) mass is 177 g/mol. The zero-order chi connectivity index (χ0) is 9.10.